The highest BCUT2D eigenvalue weighted by molar-refractivity contribution is 9.10. The van der Waals surface area contributed by atoms with E-state index in [2.05, 4.69) is 58.4 Å². The molecule has 1 aliphatic heterocycles. The van der Waals surface area contributed by atoms with E-state index in [1.807, 2.05) is 55.5 Å². The summed E-state index contributed by atoms with van der Waals surface area (Å²) in [6.07, 6.45) is 1.93. The predicted octanol–water partition coefficient (Wildman–Crippen LogP) is 8.88. The molecule has 0 aromatic heterocycles. The molecule has 6 nitrogen and oxygen atoms in total. The lowest BCUT2D eigenvalue weighted by Crippen LogP contribution is -2.36. The fourth-order valence-electron chi connectivity index (χ4n) is 5.61. The maximum atomic E-state index is 9.45. The van der Waals surface area contributed by atoms with Gasteiger partial charge in [0.2, 0.25) is 0 Å². The summed E-state index contributed by atoms with van der Waals surface area (Å²) in [5.41, 5.74) is 5.21. The van der Waals surface area contributed by atoms with Crippen molar-refractivity contribution in [2.45, 2.75) is 64.1 Å². The first-order valence-corrected chi connectivity index (χ1v) is 17.1. The Labute approximate surface area is 285 Å². The van der Waals surface area contributed by atoms with Gasteiger partial charge in [-0.2, -0.15) is 0 Å². The smallest absolute Gasteiger partial charge is 0.140 e. The van der Waals surface area contributed by atoms with Crippen LogP contribution in [0, 0.1) is 0 Å². The Hall–Kier alpha value is -2.91. The van der Waals surface area contributed by atoms with Crippen LogP contribution in [0.25, 0.3) is 0 Å². The molecule has 4 aromatic carbocycles. The zero-order valence-electron chi connectivity index (χ0n) is 26.2. The van der Waals surface area contributed by atoms with Crippen LogP contribution in [0.5, 0.6) is 11.5 Å². The van der Waals surface area contributed by atoms with Crippen molar-refractivity contribution >= 4 is 27.5 Å². The molecule has 0 saturated carbocycles. The quantitative estimate of drug-likeness (QED) is 0.117. The Morgan fingerprint density at radius 3 is 2.24 bits per heavy atom. The molecule has 46 heavy (non-hydrogen) atoms. The SMILES string of the molecule is CCOc1ccc(Cc2cc(C3CC(OCc4ccccc4)CC(COCc4ccccc4)O3)c(OCCCO)c(Br)c2Cl)cc1. The number of aliphatic hydroxyl groups excluding tert-OH is 1. The minimum atomic E-state index is -0.323. The molecule has 5 rings (SSSR count). The second-order valence-corrected chi connectivity index (χ2v) is 12.6. The molecular weight excluding hydrogens is 668 g/mol. The molecule has 4 aromatic rings. The second kappa shape index (κ2) is 17.9. The first kappa shape index (κ1) is 34.4. The lowest BCUT2D eigenvalue weighted by Gasteiger charge is -2.36. The van der Waals surface area contributed by atoms with E-state index < -0.39 is 0 Å². The molecule has 0 radical (unpaired) electrons. The summed E-state index contributed by atoms with van der Waals surface area (Å²) >= 11 is 10.7. The number of aliphatic hydroxyl groups is 1. The van der Waals surface area contributed by atoms with Crippen LogP contribution in [0.15, 0.2) is 95.5 Å². The predicted molar refractivity (Wildman–Crippen MR) is 185 cm³/mol. The fourth-order valence-corrected chi connectivity index (χ4v) is 6.42. The van der Waals surface area contributed by atoms with Gasteiger partial charge in [-0.1, -0.05) is 84.4 Å². The van der Waals surface area contributed by atoms with E-state index in [1.165, 1.54) is 0 Å². The third-order valence-corrected chi connectivity index (χ3v) is 9.31. The standard InChI is InChI=1S/C38H42BrClO6/c1-2-43-31-16-14-27(15-17-31)20-30-21-34(38(36(39)37(30)40)44-19-9-18-41)35-23-32(45-25-29-12-7-4-8-13-29)22-33(46-35)26-42-24-28-10-5-3-6-11-28/h3-8,10-17,21,32-33,35,41H,2,9,18-20,22-26H2,1H3. The van der Waals surface area contributed by atoms with Crippen LogP contribution in [0.3, 0.4) is 0 Å². The molecule has 244 valence electrons. The molecule has 1 heterocycles. The van der Waals surface area contributed by atoms with Crippen molar-refractivity contribution in [1.82, 2.24) is 0 Å². The highest BCUT2D eigenvalue weighted by atomic mass is 79.9. The van der Waals surface area contributed by atoms with Gasteiger partial charge in [-0.05, 0) is 69.7 Å². The zero-order chi connectivity index (χ0) is 32.1. The Bertz CT molecular complexity index is 1490. The van der Waals surface area contributed by atoms with Gasteiger partial charge >= 0.3 is 0 Å². The van der Waals surface area contributed by atoms with Crippen molar-refractivity contribution in [3.8, 4) is 11.5 Å². The summed E-state index contributed by atoms with van der Waals surface area (Å²) < 4.78 is 32.0. The van der Waals surface area contributed by atoms with Crippen molar-refractivity contribution in [1.29, 1.82) is 0 Å². The first-order valence-electron chi connectivity index (χ1n) is 15.9. The highest BCUT2D eigenvalue weighted by Crippen LogP contribution is 2.45. The summed E-state index contributed by atoms with van der Waals surface area (Å²) in [6, 6.07) is 30.5. The van der Waals surface area contributed by atoms with Crippen LogP contribution in [-0.2, 0) is 33.8 Å². The second-order valence-electron chi connectivity index (χ2n) is 11.4. The molecule has 0 aliphatic carbocycles. The van der Waals surface area contributed by atoms with Crippen LogP contribution in [0.1, 0.15) is 60.1 Å². The fraction of sp³-hybridized carbons (Fsp3) is 0.368. The largest absolute Gasteiger partial charge is 0.494 e. The van der Waals surface area contributed by atoms with E-state index in [0.29, 0.717) is 74.0 Å². The average Bonchev–Trinajstić information content (AvgIpc) is 3.09. The third kappa shape index (κ3) is 9.80. The number of hydrogen-bond acceptors (Lipinski definition) is 6. The van der Waals surface area contributed by atoms with Crippen LogP contribution in [0.4, 0.5) is 0 Å². The highest BCUT2D eigenvalue weighted by Gasteiger charge is 2.34. The lowest BCUT2D eigenvalue weighted by molar-refractivity contribution is -0.142. The van der Waals surface area contributed by atoms with Crippen molar-refractivity contribution < 1.29 is 28.8 Å². The number of ether oxygens (including phenoxy) is 5. The van der Waals surface area contributed by atoms with Crippen LogP contribution >= 0.6 is 27.5 Å². The molecule has 1 saturated heterocycles. The number of halogens is 2. The molecule has 0 amide bonds. The van der Waals surface area contributed by atoms with Gasteiger partial charge in [-0.15, -0.1) is 0 Å². The monoisotopic (exact) mass is 708 g/mol. The Morgan fingerprint density at radius 1 is 0.870 bits per heavy atom. The lowest BCUT2D eigenvalue weighted by atomic mass is 9.93. The minimum absolute atomic E-state index is 0.0344. The van der Waals surface area contributed by atoms with Crippen molar-refractivity contribution in [3.05, 3.63) is 128 Å². The van der Waals surface area contributed by atoms with E-state index in [9.17, 15) is 5.11 Å². The Morgan fingerprint density at radius 2 is 1.57 bits per heavy atom. The first-order chi connectivity index (χ1) is 22.5. The molecule has 0 bridgehead atoms. The summed E-state index contributed by atoms with van der Waals surface area (Å²) in [6.45, 7) is 4.44. The van der Waals surface area contributed by atoms with E-state index in [0.717, 1.165) is 33.6 Å². The number of rotatable bonds is 16. The molecule has 1 fully saturated rings. The van der Waals surface area contributed by atoms with Gasteiger partial charge in [0, 0.05) is 31.4 Å². The normalized spacial score (nSPS) is 18.0. The number of hydrogen-bond donors (Lipinski definition) is 1. The van der Waals surface area contributed by atoms with Gasteiger partial charge in [0.1, 0.15) is 11.5 Å². The molecule has 3 atom stereocenters. The zero-order valence-corrected chi connectivity index (χ0v) is 28.5. The van der Waals surface area contributed by atoms with Gasteiger partial charge in [0.05, 0.1) is 60.8 Å². The molecular formula is C38H42BrClO6. The average molecular weight is 710 g/mol. The van der Waals surface area contributed by atoms with Crippen molar-refractivity contribution in [2.24, 2.45) is 0 Å². The summed E-state index contributed by atoms with van der Waals surface area (Å²) in [7, 11) is 0. The molecule has 0 spiro atoms. The third-order valence-electron chi connectivity index (χ3n) is 7.89. The van der Waals surface area contributed by atoms with Gasteiger partial charge in [0.25, 0.3) is 0 Å². The topological polar surface area (TPSA) is 66.4 Å². The maximum Gasteiger partial charge on any atom is 0.140 e. The van der Waals surface area contributed by atoms with Crippen LogP contribution < -0.4 is 9.47 Å². The molecule has 1 N–H and O–H groups in total. The van der Waals surface area contributed by atoms with Gasteiger partial charge in [-0.3, -0.25) is 0 Å². The van der Waals surface area contributed by atoms with Gasteiger partial charge in [0.15, 0.2) is 0 Å². The van der Waals surface area contributed by atoms with Gasteiger partial charge in [-0.25, -0.2) is 0 Å². The Kier molecular flexibility index (Phi) is 13.4. The number of benzene rings is 4. The molecule has 1 aliphatic rings. The van der Waals surface area contributed by atoms with Crippen LogP contribution in [0.2, 0.25) is 5.02 Å². The molecule has 3 unspecified atom stereocenters. The summed E-state index contributed by atoms with van der Waals surface area (Å²) in [5.74, 6) is 1.47. The van der Waals surface area contributed by atoms with Gasteiger partial charge < -0.3 is 28.8 Å². The maximum absolute atomic E-state index is 9.45. The Balaban J connectivity index is 1.41. The van der Waals surface area contributed by atoms with E-state index >= 15 is 0 Å². The van der Waals surface area contributed by atoms with E-state index in [4.69, 9.17) is 35.3 Å². The summed E-state index contributed by atoms with van der Waals surface area (Å²) in [4.78, 5) is 0. The van der Waals surface area contributed by atoms with Crippen molar-refractivity contribution in [3.63, 3.8) is 0 Å². The van der Waals surface area contributed by atoms with E-state index in [-0.39, 0.29) is 24.9 Å². The van der Waals surface area contributed by atoms with Crippen molar-refractivity contribution in [2.75, 3.05) is 26.4 Å². The molecule has 8 heteroatoms. The van der Waals surface area contributed by atoms with E-state index in [1.54, 1.807) is 0 Å². The summed E-state index contributed by atoms with van der Waals surface area (Å²) in [5, 5.41) is 10.0. The van der Waals surface area contributed by atoms with Crippen LogP contribution in [-0.4, -0.2) is 43.7 Å². The minimum Gasteiger partial charge on any atom is -0.494 e.